The summed E-state index contributed by atoms with van der Waals surface area (Å²) in [5.74, 6) is 1.42. The molecule has 2 aromatic rings. The smallest absolute Gasteiger partial charge is 0.233 e. The predicted octanol–water partition coefficient (Wildman–Crippen LogP) is 3.30. The summed E-state index contributed by atoms with van der Waals surface area (Å²) >= 11 is 1.65. The molecule has 2 atom stereocenters. The molecular weight excluding hydrogens is 342 g/mol. The van der Waals surface area contributed by atoms with Gasteiger partial charge in [-0.2, -0.15) is 0 Å². The van der Waals surface area contributed by atoms with E-state index in [0.29, 0.717) is 17.7 Å². The van der Waals surface area contributed by atoms with E-state index in [4.69, 9.17) is 0 Å². The molecule has 1 aromatic carbocycles. The van der Waals surface area contributed by atoms with E-state index in [0.717, 1.165) is 32.6 Å². The van der Waals surface area contributed by atoms with Crippen molar-refractivity contribution in [3.8, 4) is 0 Å². The monoisotopic (exact) mass is 367 g/mol. The minimum atomic E-state index is 0.289. The number of fused-ring (bicyclic) bond motifs is 4. The summed E-state index contributed by atoms with van der Waals surface area (Å²) < 4.78 is 0. The Kier molecular flexibility index (Phi) is 5.56. The molecule has 1 amide bonds. The van der Waals surface area contributed by atoms with Gasteiger partial charge in [-0.15, -0.1) is 11.8 Å². The molecule has 0 radical (unpaired) electrons. The van der Waals surface area contributed by atoms with Crippen LogP contribution in [-0.4, -0.2) is 52.1 Å². The van der Waals surface area contributed by atoms with Gasteiger partial charge in [0, 0.05) is 49.5 Å². The van der Waals surface area contributed by atoms with Gasteiger partial charge in [-0.05, 0) is 42.5 Å². The first-order valence-electron chi connectivity index (χ1n) is 9.36. The third kappa shape index (κ3) is 4.27. The van der Waals surface area contributed by atoms with Crippen LogP contribution in [0.5, 0.6) is 0 Å². The first-order chi connectivity index (χ1) is 12.8. The van der Waals surface area contributed by atoms with Crippen molar-refractivity contribution < 1.29 is 4.79 Å². The highest BCUT2D eigenvalue weighted by Gasteiger charge is 2.36. The van der Waals surface area contributed by atoms with Gasteiger partial charge < -0.3 is 4.90 Å². The number of aromatic nitrogens is 1. The molecule has 4 heterocycles. The van der Waals surface area contributed by atoms with Crippen molar-refractivity contribution in [1.29, 1.82) is 0 Å². The van der Waals surface area contributed by atoms with E-state index >= 15 is 0 Å². The molecule has 0 unspecified atom stereocenters. The molecule has 0 saturated carbocycles. The lowest BCUT2D eigenvalue weighted by atomic mass is 9.95. The molecule has 2 bridgehead atoms. The number of amides is 1. The first kappa shape index (κ1) is 17.6. The summed E-state index contributed by atoms with van der Waals surface area (Å²) in [7, 11) is 0. The van der Waals surface area contributed by atoms with Crippen molar-refractivity contribution in [2.75, 3.05) is 25.4 Å². The minimum absolute atomic E-state index is 0.289. The Hall–Kier alpha value is -1.85. The summed E-state index contributed by atoms with van der Waals surface area (Å²) in [6.07, 6.45) is 6.15. The number of carbonyl (C=O) groups excluding carboxylic acids is 1. The van der Waals surface area contributed by atoms with Crippen LogP contribution in [0.25, 0.3) is 0 Å². The molecular formula is C21H25N3OS. The van der Waals surface area contributed by atoms with Gasteiger partial charge in [0.1, 0.15) is 0 Å². The van der Waals surface area contributed by atoms with Crippen LogP contribution < -0.4 is 0 Å². The molecule has 4 nitrogen and oxygen atoms in total. The van der Waals surface area contributed by atoms with Crippen LogP contribution in [0.15, 0.2) is 59.8 Å². The van der Waals surface area contributed by atoms with E-state index in [1.165, 1.54) is 16.9 Å². The maximum absolute atomic E-state index is 12.9. The Balaban J connectivity index is 1.37. The van der Waals surface area contributed by atoms with E-state index < -0.39 is 0 Å². The molecule has 0 N–H and O–H groups in total. The van der Waals surface area contributed by atoms with E-state index in [-0.39, 0.29) is 5.91 Å². The Morgan fingerprint density at radius 1 is 1.08 bits per heavy atom. The fourth-order valence-electron chi connectivity index (χ4n) is 4.11. The van der Waals surface area contributed by atoms with Crippen LogP contribution in [0.2, 0.25) is 0 Å². The van der Waals surface area contributed by atoms with Crippen molar-refractivity contribution >= 4 is 17.7 Å². The molecule has 3 fully saturated rings. The number of rotatable bonds is 5. The molecule has 0 aliphatic carbocycles. The summed E-state index contributed by atoms with van der Waals surface area (Å²) in [6.45, 7) is 3.91. The van der Waals surface area contributed by atoms with Gasteiger partial charge in [-0.25, -0.2) is 0 Å². The third-order valence-electron chi connectivity index (χ3n) is 5.34. The van der Waals surface area contributed by atoms with E-state index in [2.05, 4.69) is 33.0 Å². The lowest BCUT2D eigenvalue weighted by Gasteiger charge is -2.36. The second kappa shape index (κ2) is 8.23. The van der Waals surface area contributed by atoms with Gasteiger partial charge in [-0.1, -0.05) is 24.3 Å². The molecule has 26 heavy (non-hydrogen) atoms. The fourth-order valence-corrected chi connectivity index (χ4v) is 4.91. The average Bonchev–Trinajstić information content (AvgIpc) is 2.98. The lowest BCUT2D eigenvalue weighted by Crippen LogP contribution is -2.48. The van der Waals surface area contributed by atoms with Crippen molar-refractivity contribution in [2.24, 2.45) is 5.92 Å². The number of hydrogen-bond acceptors (Lipinski definition) is 4. The molecule has 3 aliphatic rings. The number of benzene rings is 1. The quantitative estimate of drug-likeness (QED) is 0.760. The fraction of sp³-hybridized carbons (Fsp3) is 0.429. The van der Waals surface area contributed by atoms with Crippen LogP contribution in [-0.2, 0) is 11.3 Å². The highest BCUT2D eigenvalue weighted by atomic mass is 32.2. The molecule has 3 saturated heterocycles. The average molecular weight is 368 g/mol. The zero-order valence-corrected chi connectivity index (χ0v) is 15.8. The number of carbonyl (C=O) groups is 1. The number of nitrogens with zero attached hydrogens (tertiary/aromatic N) is 3. The Labute approximate surface area is 159 Å². The van der Waals surface area contributed by atoms with Crippen LogP contribution in [0.4, 0.5) is 0 Å². The SMILES string of the molecule is O=C(CSc1ccccc1)N1C[C@H]2CC[C@@H]1CN(Cc1cccnc1)C2. The van der Waals surface area contributed by atoms with Crippen molar-refractivity contribution in [3.05, 3.63) is 60.4 Å². The van der Waals surface area contributed by atoms with Gasteiger partial charge >= 0.3 is 0 Å². The van der Waals surface area contributed by atoms with Gasteiger partial charge in [0.25, 0.3) is 0 Å². The second-order valence-corrected chi connectivity index (χ2v) is 8.35. The van der Waals surface area contributed by atoms with Gasteiger partial charge in [-0.3, -0.25) is 14.7 Å². The van der Waals surface area contributed by atoms with Crippen LogP contribution in [0.1, 0.15) is 18.4 Å². The normalized spacial score (nSPS) is 23.0. The van der Waals surface area contributed by atoms with Crippen molar-refractivity contribution in [1.82, 2.24) is 14.8 Å². The Morgan fingerprint density at radius 3 is 2.77 bits per heavy atom. The molecule has 5 rings (SSSR count). The maximum Gasteiger partial charge on any atom is 0.233 e. The lowest BCUT2D eigenvalue weighted by molar-refractivity contribution is -0.132. The predicted molar refractivity (Wildman–Crippen MR) is 105 cm³/mol. The number of hydrogen-bond donors (Lipinski definition) is 0. The Morgan fingerprint density at radius 2 is 1.96 bits per heavy atom. The number of piperidine rings is 1. The summed E-state index contributed by atoms with van der Waals surface area (Å²) in [6, 6.07) is 14.7. The van der Waals surface area contributed by atoms with Crippen molar-refractivity contribution in [2.45, 2.75) is 30.3 Å². The van der Waals surface area contributed by atoms with E-state index in [9.17, 15) is 4.79 Å². The van der Waals surface area contributed by atoms with Crippen LogP contribution >= 0.6 is 11.8 Å². The summed E-state index contributed by atoms with van der Waals surface area (Å²) in [4.78, 5) is 22.9. The topological polar surface area (TPSA) is 36.4 Å². The standard InChI is InChI=1S/C21H25N3OS/c25-21(16-26-20-6-2-1-3-7-20)24-14-18-8-9-19(24)15-23(13-18)12-17-5-4-10-22-11-17/h1-7,10-11,18-19H,8-9,12-16H2/t18-,19+/m0/s1. The van der Waals surface area contributed by atoms with Crippen LogP contribution in [0.3, 0.4) is 0 Å². The Bertz CT molecular complexity index is 725. The maximum atomic E-state index is 12.9. The molecule has 5 heteroatoms. The van der Waals surface area contributed by atoms with Crippen LogP contribution in [0, 0.1) is 5.92 Å². The second-order valence-electron chi connectivity index (χ2n) is 7.30. The highest BCUT2D eigenvalue weighted by molar-refractivity contribution is 8.00. The molecule has 1 aromatic heterocycles. The van der Waals surface area contributed by atoms with E-state index in [1.807, 2.05) is 36.7 Å². The summed E-state index contributed by atoms with van der Waals surface area (Å²) in [5.41, 5.74) is 1.26. The highest BCUT2D eigenvalue weighted by Crippen LogP contribution is 2.30. The van der Waals surface area contributed by atoms with Gasteiger partial charge in [0.05, 0.1) is 5.75 Å². The molecule has 0 spiro atoms. The number of pyridine rings is 1. The van der Waals surface area contributed by atoms with Gasteiger partial charge in [0.15, 0.2) is 0 Å². The number of thioether (sulfide) groups is 1. The van der Waals surface area contributed by atoms with Crippen molar-refractivity contribution in [3.63, 3.8) is 0 Å². The zero-order valence-electron chi connectivity index (χ0n) is 15.0. The molecule has 3 aliphatic heterocycles. The molecule has 136 valence electrons. The first-order valence-corrected chi connectivity index (χ1v) is 10.3. The van der Waals surface area contributed by atoms with E-state index in [1.54, 1.807) is 11.8 Å². The largest absolute Gasteiger partial charge is 0.337 e. The zero-order chi connectivity index (χ0) is 17.8. The third-order valence-corrected chi connectivity index (χ3v) is 6.34. The summed E-state index contributed by atoms with van der Waals surface area (Å²) in [5, 5.41) is 0. The van der Waals surface area contributed by atoms with Gasteiger partial charge in [0.2, 0.25) is 5.91 Å². The minimum Gasteiger partial charge on any atom is -0.337 e.